The molecule has 0 bridgehead atoms. The van der Waals surface area contributed by atoms with Gasteiger partial charge in [0.15, 0.2) is 17.3 Å². The molecule has 0 fully saturated rings. The molecule has 0 aliphatic heterocycles. The minimum Gasteiger partial charge on any atom is -0.502 e. The Kier molecular flexibility index (Phi) is 5.13. The van der Waals surface area contributed by atoms with Crippen LogP contribution in [0.2, 0.25) is 0 Å². The fourth-order valence-corrected chi connectivity index (χ4v) is 2.49. The second kappa shape index (κ2) is 7.08. The lowest BCUT2D eigenvalue weighted by atomic mass is 9.91. The van der Waals surface area contributed by atoms with Crippen LogP contribution in [0.4, 0.5) is 0 Å². The molecule has 3 N–H and O–H groups in total. The highest BCUT2D eigenvalue weighted by atomic mass is 16.5. The molecule has 1 aromatic carbocycles. The third-order valence-electron chi connectivity index (χ3n) is 3.60. The number of carbonyl (C=O) groups excluding carboxylic acids is 1. The van der Waals surface area contributed by atoms with Gasteiger partial charge in [-0.05, 0) is 24.6 Å². The van der Waals surface area contributed by atoms with Gasteiger partial charge in [-0.3, -0.25) is 9.59 Å². The predicted molar refractivity (Wildman–Crippen MR) is 86.6 cm³/mol. The lowest BCUT2D eigenvalue weighted by Gasteiger charge is -2.18. The van der Waals surface area contributed by atoms with Gasteiger partial charge in [0, 0.05) is 12.5 Å². The monoisotopic (exact) mass is 333 g/mol. The van der Waals surface area contributed by atoms with E-state index in [2.05, 4.69) is 0 Å². The van der Waals surface area contributed by atoms with E-state index in [-0.39, 0.29) is 12.2 Å². The van der Waals surface area contributed by atoms with E-state index in [9.17, 15) is 14.7 Å². The number of primary amides is 1. The van der Waals surface area contributed by atoms with Crippen molar-refractivity contribution in [2.75, 3.05) is 14.2 Å². The fourth-order valence-electron chi connectivity index (χ4n) is 2.49. The van der Waals surface area contributed by atoms with Gasteiger partial charge in [0.1, 0.15) is 5.76 Å². The molecule has 0 radical (unpaired) electrons. The summed E-state index contributed by atoms with van der Waals surface area (Å²) < 4.78 is 15.9. The zero-order chi connectivity index (χ0) is 17.9. The zero-order valence-electron chi connectivity index (χ0n) is 13.7. The van der Waals surface area contributed by atoms with Crippen molar-refractivity contribution in [3.8, 4) is 17.2 Å². The number of aromatic hydroxyl groups is 1. The van der Waals surface area contributed by atoms with Crippen LogP contribution in [0, 0.1) is 6.92 Å². The van der Waals surface area contributed by atoms with Gasteiger partial charge >= 0.3 is 0 Å². The smallest absolute Gasteiger partial charge is 0.227 e. The topological polar surface area (TPSA) is 112 Å². The van der Waals surface area contributed by atoms with Gasteiger partial charge in [-0.15, -0.1) is 0 Å². The van der Waals surface area contributed by atoms with Crippen LogP contribution in [-0.2, 0) is 4.79 Å². The van der Waals surface area contributed by atoms with E-state index in [1.807, 2.05) is 0 Å². The minimum absolute atomic E-state index is 0.00831. The number of nitrogens with two attached hydrogens (primary N) is 1. The number of hydrogen-bond donors (Lipinski definition) is 2. The van der Waals surface area contributed by atoms with Crippen LogP contribution >= 0.6 is 0 Å². The van der Waals surface area contributed by atoms with Crippen molar-refractivity contribution in [2.45, 2.75) is 19.3 Å². The Labute approximate surface area is 138 Å². The molecule has 7 nitrogen and oxygen atoms in total. The van der Waals surface area contributed by atoms with Crippen LogP contribution in [-0.4, -0.2) is 25.2 Å². The molecule has 24 heavy (non-hydrogen) atoms. The van der Waals surface area contributed by atoms with Crippen molar-refractivity contribution in [1.29, 1.82) is 0 Å². The molecule has 1 atom stereocenters. The van der Waals surface area contributed by atoms with Crippen LogP contribution in [0.15, 0.2) is 33.5 Å². The third-order valence-corrected chi connectivity index (χ3v) is 3.60. The quantitative estimate of drug-likeness (QED) is 0.832. The Morgan fingerprint density at radius 1 is 1.25 bits per heavy atom. The number of hydrogen-bond acceptors (Lipinski definition) is 6. The van der Waals surface area contributed by atoms with Crippen molar-refractivity contribution in [3.63, 3.8) is 0 Å². The van der Waals surface area contributed by atoms with Gasteiger partial charge in [-0.2, -0.15) is 0 Å². The maximum absolute atomic E-state index is 11.8. The molecule has 0 saturated heterocycles. The third kappa shape index (κ3) is 3.51. The summed E-state index contributed by atoms with van der Waals surface area (Å²) in [4.78, 5) is 23.3. The summed E-state index contributed by atoms with van der Waals surface area (Å²) in [6.45, 7) is 1.58. The molecular formula is C17H19NO6. The maximum Gasteiger partial charge on any atom is 0.227 e. The first kappa shape index (κ1) is 17.4. The first-order valence-corrected chi connectivity index (χ1v) is 7.21. The predicted octanol–water partition coefficient (Wildman–Crippen LogP) is 1.68. The first-order chi connectivity index (χ1) is 11.4. The maximum atomic E-state index is 11.8. The van der Waals surface area contributed by atoms with Crippen molar-refractivity contribution in [1.82, 2.24) is 0 Å². The Balaban J connectivity index is 2.62. The molecule has 0 saturated carbocycles. The summed E-state index contributed by atoms with van der Waals surface area (Å²) in [6.07, 6.45) is -0.143. The van der Waals surface area contributed by atoms with Gasteiger partial charge < -0.3 is 24.7 Å². The molecule has 0 aliphatic carbocycles. The number of benzene rings is 1. The highest BCUT2D eigenvalue weighted by Crippen LogP contribution is 2.37. The summed E-state index contributed by atoms with van der Waals surface area (Å²) >= 11 is 0. The second-order valence-electron chi connectivity index (χ2n) is 5.27. The number of aryl methyl sites for hydroxylation is 1. The first-order valence-electron chi connectivity index (χ1n) is 7.21. The summed E-state index contributed by atoms with van der Waals surface area (Å²) in [6, 6.07) is 6.17. The Bertz CT molecular complexity index is 811. The number of amides is 1. The fraction of sp³-hybridized carbons (Fsp3) is 0.294. The van der Waals surface area contributed by atoms with E-state index in [0.29, 0.717) is 22.8 Å². The Morgan fingerprint density at radius 2 is 1.92 bits per heavy atom. The molecule has 1 heterocycles. The minimum atomic E-state index is -0.727. The van der Waals surface area contributed by atoms with Gasteiger partial charge in [-0.1, -0.05) is 6.07 Å². The average molecular weight is 333 g/mol. The number of ether oxygens (including phenoxy) is 2. The summed E-state index contributed by atoms with van der Waals surface area (Å²) in [5, 5.41) is 10.1. The van der Waals surface area contributed by atoms with Gasteiger partial charge in [0.25, 0.3) is 0 Å². The van der Waals surface area contributed by atoms with Gasteiger partial charge in [0.05, 0.1) is 20.1 Å². The van der Waals surface area contributed by atoms with Gasteiger partial charge in [0.2, 0.25) is 17.1 Å². The van der Waals surface area contributed by atoms with E-state index >= 15 is 0 Å². The van der Waals surface area contributed by atoms with E-state index in [0.717, 1.165) is 0 Å². The summed E-state index contributed by atoms with van der Waals surface area (Å²) in [5.41, 5.74) is 5.34. The zero-order valence-corrected chi connectivity index (χ0v) is 13.7. The SMILES string of the molecule is COc1ccc(C(CC(N)=O)c2oc(C)cc(=O)c2O)cc1OC. The molecule has 1 unspecified atom stereocenters. The highest BCUT2D eigenvalue weighted by Gasteiger charge is 2.26. The van der Waals surface area contributed by atoms with Crippen molar-refractivity contribution >= 4 is 5.91 Å². The van der Waals surface area contributed by atoms with Crippen LogP contribution in [0.3, 0.4) is 0 Å². The van der Waals surface area contributed by atoms with Crippen molar-refractivity contribution < 1.29 is 23.8 Å². The molecule has 1 aromatic heterocycles. The van der Waals surface area contributed by atoms with Crippen molar-refractivity contribution in [2.24, 2.45) is 5.73 Å². The number of carbonyl (C=O) groups is 1. The van der Waals surface area contributed by atoms with Crippen LogP contribution in [0.5, 0.6) is 17.2 Å². The van der Waals surface area contributed by atoms with Crippen LogP contribution in [0.25, 0.3) is 0 Å². The molecule has 1 amide bonds. The Hall–Kier alpha value is -2.96. The van der Waals surface area contributed by atoms with E-state index < -0.39 is 23.0 Å². The van der Waals surface area contributed by atoms with Gasteiger partial charge in [-0.25, -0.2) is 0 Å². The normalized spacial score (nSPS) is 11.8. The van der Waals surface area contributed by atoms with E-state index in [1.54, 1.807) is 25.1 Å². The summed E-state index contributed by atoms with van der Waals surface area (Å²) in [7, 11) is 2.98. The molecule has 0 spiro atoms. The molecular weight excluding hydrogens is 314 g/mol. The molecule has 2 aromatic rings. The Morgan fingerprint density at radius 3 is 2.50 bits per heavy atom. The molecule has 7 heteroatoms. The number of rotatable bonds is 6. The largest absolute Gasteiger partial charge is 0.502 e. The lowest BCUT2D eigenvalue weighted by Crippen LogP contribution is -2.18. The average Bonchev–Trinajstić information content (AvgIpc) is 2.55. The standard InChI is InChI=1S/C17H19NO6/c1-9-6-12(19)16(21)17(24-9)11(8-15(18)20)10-4-5-13(22-2)14(7-10)23-3/h4-7,11,21H,8H2,1-3H3,(H2,18,20). The van der Waals surface area contributed by atoms with E-state index in [1.165, 1.54) is 20.3 Å². The lowest BCUT2D eigenvalue weighted by molar-refractivity contribution is -0.118. The van der Waals surface area contributed by atoms with E-state index in [4.69, 9.17) is 19.6 Å². The molecule has 128 valence electrons. The molecule has 0 aliphatic rings. The molecule has 2 rings (SSSR count). The van der Waals surface area contributed by atoms with Crippen LogP contribution in [0.1, 0.15) is 29.4 Å². The van der Waals surface area contributed by atoms with Crippen molar-refractivity contribution in [3.05, 3.63) is 51.6 Å². The summed E-state index contributed by atoms with van der Waals surface area (Å²) in [5.74, 6) is -0.600. The second-order valence-corrected chi connectivity index (χ2v) is 5.27. The highest BCUT2D eigenvalue weighted by molar-refractivity contribution is 5.75. The number of methoxy groups -OCH3 is 2. The van der Waals surface area contributed by atoms with Crippen LogP contribution < -0.4 is 20.6 Å².